The number of aliphatic hydroxyl groups excluding tert-OH is 2. The van der Waals surface area contributed by atoms with Gasteiger partial charge in [-0.25, -0.2) is 0 Å². The van der Waals surface area contributed by atoms with E-state index in [2.05, 4.69) is 12.1 Å². The molecule has 0 spiro atoms. The standard InChI is InChI=1S/C16H17NO2/c17-9-15(18)16(19)11-5-6-14-12(8-11)7-10-3-1-2-4-13(10)14/h1-6,8,15-16,18-19H,7,9,17H2. The maximum absolute atomic E-state index is 10.0. The van der Waals surface area contributed by atoms with Gasteiger partial charge in [0.05, 0.1) is 6.10 Å². The molecule has 0 heterocycles. The average Bonchev–Trinajstić information content (AvgIpc) is 2.83. The summed E-state index contributed by atoms with van der Waals surface area (Å²) < 4.78 is 0. The highest BCUT2D eigenvalue weighted by molar-refractivity contribution is 5.76. The van der Waals surface area contributed by atoms with Crippen LogP contribution in [0.3, 0.4) is 0 Å². The summed E-state index contributed by atoms with van der Waals surface area (Å²) in [5.41, 5.74) is 11.1. The molecule has 0 aliphatic heterocycles. The number of benzene rings is 2. The van der Waals surface area contributed by atoms with Crippen LogP contribution >= 0.6 is 0 Å². The minimum absolute atomic E-state index is 0.0540. The van der Waals surface area contributed by atoms with E-state index in [-0.39, 0.29) is 6.54 Å². The van der Waals surface area contributed by atoms with Crippen molar-refractivity contribution in [3.05, 3.63) is 59.2 Å². The maximum atomic E-state index is 10.0. The Labute approximate surface area is 112 Å². The Hall–Kier alpha value is -1.68. The van der Waals surface area contributed by atoms with E-state index in [0.29, 0.717) is 0 Å². The first-order chi connectivity index (χ1) is 9.20. The third-order valence-electron chi connectivity index (χ3n) is 3.77. The van der Waals surface area contributed by atoms with Crippen molar-refractivity contribution in [2.75, 3.05) is 6.54 Å². The van der Waals surface area contributed by atoms with Crippen LogP contribution in [-0.4, -0.2) is 22.9 Å². The van der Waals surface area contributed by atoms with Gasteiger partial charge in [-0.3, -0.25) is 0 Å². The minimum Gasteiger partial charge on any atom is -0.389 e. The smallest absolute Gasteiger partial charge is 0.106 e. The first kappa shape index (κ1) is 12.4. The van der Waals surface area contributed by atoms with Crippen molar-refractivity contribution >= 4 is 0 Å². The van der Waals surface area contributed by atoms with Crippen LogP contribution in [0.15, 0.2) is 42.5 Å². The maximum Gasteiger partial charge on any atom is 0.106 e. The van der Waals surface area contributed by atoms with Crippen molar-refractivity contribution in [1.29, 1.82) is 0 Å². The molecule has 3 heteroatoms. The van der Waals surface area contributed by atoms with Gasteiger partial charge in [-0.2, -0.15) is 0 Å². The van der Waals surface area contributed by atoms with Crippen LogP contribution in [-0.2, 0) is 6.42 Å². The Kier molecular flexibility index (Phi) is 3.11. The number of hydrogen-bond donors (Lipinski definition) is 3. The summed E-state index contributed by atoms with van der Waals surface area (Å²) in [6.07, 6.45) is -0.953. The van der Waals surface area contributed by atoms with Crippen molar-refractivity contribution in [3.63, 3.8) is 0 Å². The second kappa shape index (κ2) is 4.78. The summed E-state index contributed by atoms with van der Waals surface area (Å²) in [4.78, 5) is 0. The molecular weight excluding hydrogens is 238 g/mol. The predicted octanol–water partition coefficient (Wildman–Crippen LogP) is 1.61. The molecule has 0 amide bonds. The number of hydrogen-bond acceptors (Lipinski definition) is 3. The molecule has 0 radical (unpaired) electrons. The first-order valence-corrected chi connectivity index (χ1v) is 6.48. The van der Waals surface area contributed by atoms with Crippen molar-refractivity contribution < 1.29 is 10.2 Å². The fraction of sp³-hybridized carbons (Fsp3) is 0.250. The second-order valence-electron chi connectivity index (χ2n) is 5.00. The highest BCUT2D eigenvalue weighted by Gasteiger charge is 2.22. The van der Waals surface area contributed by atoms with Gasteiger partial charge in [0.15, 0.2) is 0 Å². The number of aliphatic hydroxyl groups is 2. The van der Waals surface area contributed by atoms with E-state index in [1.165, 1.54) is 22.3 Å². The number of fused-ring (bicyclic) bond motifs is 3. The van der Waals surface area contributed by atoms with E-state index in [9.17, 15) is 10.2 Å². The summed E-state index contributed by atoms with van der Waals surface area (Å²) in [7, 11) is 0. The lowest BCUT2D eigenvalue weighted by molar-refractivity contribution is 0.0243. The molecule has 1 aliphatic rings. The normalized spacial score (nSPS) is 15.7. The topological polar surface area (TPSA) is 66.5 Å². The van der Waals surface area contributed by atoms with Gasteiger partial charge in [0.2, 0.25) is 0 Å². The summed E-state index contributed by atoms with van der Waals surface area (Å²) in [6, 6.07) is 14.2. The van der Waals surface area contributed by atoms with Crippen LogP contribution < -0.4 is 5.73 Å². The number of nitrogens with two attached hydrogens (primary N) is 1. The Morgan fingerprint density at radius 1 is 1.00 bits per heavy atom. The zero-order valence-electron chi connectivity index (χ0n) is 10.6. The monoisotopic (exact) mass is 255 g/mol. The molecule has 2 atom stereocenters. The molecule has 98 valence electrons. The van der Waals surface area contributed by atoms with Gasteiger partial charge in [-0.05, 0) is 34.2 Å². The summed E-state index contributed by atoms with van der Waals surface area (Å²) in [5, 5.41) is 19.6. The molecule has 0 saturated carbocycles. The first-order valence-electron chi connectivity index (χ1n) is 6.48. The molecule has 0 fully saturated rings. The Morgan fingerprint density at radius 2 is 1.74 bits per heavy atom. The summed E-state index contributed by atoms with van der Waals surface area (Å²) in [6.45, 7) is 0.0540. The van der Waals surface area contributed by atoms with Crippen LogP contribution in [0.5, 0.6) is 0 Å². The zero-order chi connectivity index (χ0) is 13.4. The molecule has 3 nitrogen and oxygen atoms in total. The molecular formula is C16H17NO2. The lowest BCUT2D eigenvalue weighted by Crippen LogP contribution is -2.27. The Morgan fingerprint density at radius 3 is 2.53 bits per heavy atom. The van der Waals surface area contributed by atoms with Crippen LogP contribution in [0.25, 0.3) is 11.1 Å². The lowest BCUT2D eigenvalue weighted by atomic mass is 9.98. The van der Waals surface area contributed by atoms with Crippen LogP contribution in [0.4, 0.5) is 0 Å². The van der Waals surface area contributed by atoms with Gasteiger partial charge >= 0.3 is 0 Å². The quantitative estimate of drug-likeness (QED) is 0.666. The van der Waals surface area contributed by atoms with E-state index in [4.69, 9.17) is 5.73 Å². The van der Waals surface area contributed by atoms with E-state index in [1.54, 1.807) is 0 Å². The van der Waals surface area contributed by atoms with Crippen molar-refractivity contribution in [3.8, 4) is 11.1 Å². The fourth-order valence-corrected chi connectivity index (χ4v) is 2.70. The molecule has 1 aliphatic carbocycles. The van der Waals surface area contributed by atoms with E-state index in [1.807, 2.05) is 30.3 Å². The molecule has 0 bridgehead atoms. The Bertz CT molecular complexity index is 609. The lowest BCUT2D eigenvalue weighted by Gasteiger charge is -2.17. The van der Waals surface area contributed by atoms with E-state index < -0.39 is 12.2 Å². The van der Waals surface area contributed by atoms with Gasteiger partial charge < -0.3 is 15.9 Å². The average molecular weight is 255 g/mol. The highest BCUT2D eigenvalue weighted by atomic mass is 16.3. The van der Waals surface area contributed by atoms with Crippen molar-refractivity contribution in [2.24, 2.45) is 5.73 Å². The predicted molar refractivity (Wildman–Crippen MR) is 74.7 cm³/mol. The highest BCUT2D eigenvalue weighted by Crippen LogP contribution is 2.37. The third-order valence-corrected chi connectivity index (χ3v) is 3.77. The minimum atomic E-state index is -0.918. The van der Waals surface area contributed by atoms with Crippen molar-refractivity contribution in [2.45, 2.75) is 18.6 Å². The molecule has 4 N–H and O–H groups in total. The molecule has 3 rings (SSSR count). The largest absolute Gasteiger partial charge is 0.389 e. The van der Waals surface area contributed by atoms with Crippen LogP contribution in [0.2, 0.25) is 0 Å². The van der Waals surface area contributed by atoms with Gasteiger partial charge in [0.1, 0.15) is 6.10 Å². The number of rotatable bonds is 3. The third kappa shape index (κ3) is 2.06. The SMILES string of the molecule is NCC(O)C(O)c1ccc2c(c1)Cc1ccccc1-2. The zero-order valence-corrected chi connectivity index (χ0v) is 10.6. The molecule has 19 heavy (non-hydrogen) atoms. The summed E-state index contributed by atoms with van der Waals surface area (Å²) >= 11 is 0. The van der Waals surface area contributed by atoms with Crippen LogP contribution in [0.1, 0.15) is 22.8 Å². The van der Waals surface area contributed by atoms with Gasteiger partial charge in [-0.15, -0.1) is 0 Å². The van der Waals surface area contributed by atoms with Gasteiger partial charge in [0.25, 0.3) is 0 Å². The van der Waals surface area contributed by atoms with Gasteiger partial charge in [0, 0.05) is 6.54 Å². The van der Waals surface area contributed by atoms with Gasteiger partial charge in [-0.1, -0.05) is 42.5 Å². The van der Waals surface area contributed by atoms with E-state index in [0.717, 1.165) is 12.0 Å². The molecule has 0 aromatic heterocycles. The van der Waals surface area contributed by atoms with E-state index >= 15 is 0 Å². The molecule has 0 saturated heterocycles. The Balaban J connectivity index is 1.98. The molecule has 2 unspecified atom stereocenters. The fourth-order valence-electron chi connectivity index (χ4n) is 2.70. The van der Waals surface area contributed by atoms with Crippen LogP contribution in [0, 0.1) is 0 Å². The summed E-state index contributed by atoms with van der Waals surface area (Å²) in [5.74, 6) is 0. The second-order valence-corrected chi connectivity index (χ2v) is 5.00. The molecule has 2 aromatic carbocycles. The van der Waals surface area contributed by atoms with Crippen molar-refractivity contribution in [1.82, 2.24) is 0 Å². The molecule has 2 aromatic rings.